The van der Waals surface area contributed by atoms with Crippen LogP contribution in [0.3, 0.4) is 0 Å². The van der Waals surface area contributed by atoms with Crippen LogP contribution in [-0.4, -0.2) is 67.3 Å². The van der Waals surface area contributed by atoms with Gasteiger partial charge in [-0.15, -0.1) is 0 Å². The molecule has 0 saturated carbocycles. The Bertz CT molecular complexity index is 1420. The van der Waals surface area contributed by atoms with E-state index in [1.807, 2.05) is 0 Å². The molecule has 0 fully saturated rings. The van der Waals surface area contributed by atoms with Crippen LogP contribution < -0.4 is 25.3 Å². The number of aliphatic hydroxyl groups is 2. The number of carbonyl (C=O) groups excluding carboxylic acids is 1. The number of amides is 1. The van der Waals surface area contributed by atoms with Gasteiger partial charge in [-0.05, 0) is 48.5 Å². The lowest BCUT2D eigenvalue weighted by Crippen LogP contribution is -2.51. The van der Waals surface area contributed by atoms with E-state index in [1.54, 1.807) is 6.92 Å². The first-order valence-corrected chi connectivity index (χ1v) is 12.5. The number of hydrogen-bond acceptors (Lipinski definition) is 8. The maximum atomic E-state index is 14.5. The van der Waals surface area contributed by atoms with Crippen molar-refractivity contribution in [3.8, 4) is 28.5 Å². The molecule has 1 aromatic heterocycles. The van der Waals surface area contributed by atoms with Gasteiger partial charge in [0.1, 0.15) is 23.9 Å². The van der Waals surface area contributed by atoms with Crippen LogP contribution in [0.1, 0.15) is 28.5 Å². The van der Waals surface area contributed by atoms with Crippen LogP contribution in [0.25, 0.3) is 11.3 Å². The van der Waals surface area contributed by atoms with Gasteiger partial charge in [0.2, 0.25) is 5.60 Å². The summed E-state index contributed by atoms with van der Waals surface area (Å²) >= 11 is 0. The Morgan fingerprint density at radius 1 is 1.17 bits per heavy atom. The van der Waals surface area contributed by atoms with Crippen molar-refractivity contribution in [1.82, 2.24) is 10.3 Å². The van der Waals surface area contributed by atoms with Crippen molar-refractivity contribution in [1.29, 1.82) is 0 Å². The van der Waals surface area contributed by atoms with E-state index in [4.69, 9.17) is 25.1 Å². The number of halogens is 4. The topological polar surface area (TPSA) is 136 Å². The van der Waals surface area contributed by atoms with Crippen molar-refractivity contribution in [3.63, 3.8) is 0 Å². The fourth-order valence-electron chi connectivity index (χ4n) is 4.35. The van der Waals surface area contributed by atoms with Crippen LogP contribution in [0, 0.1) is 5.82 Å². The minimum Gasteiger partial charge on any atom is -0.493 e. The van der Waals surface area contributed by atoms with Gasteiger partial charge in [0.25, 0.3) is 5.91 Å². The van der Waals surface area contributed by atoms with Crippen molar-refractivity contribution in [2.24, 2.45) is 5.73 Å². The quantitative estimate of drug-likeness (QED) is 0.269. The van der Waals surface area contributed by atoms with E-state index in [1.165, 1.54) is 37.4 Å². The molecule has 0 radical (unpaired) electrons. The van der Waals surface area contributed by atoms with E-state index in [0.717, 1.165) is 18.2 Å². The van der Waals surface area contributed by atoms with E-state index in [9.17, 15) is 27.5 Å². The van der Waals surface area contributed by atoms with Crippen LogP contribution >= 0.6 is 0 Å². The standard InChI is InChI=1S/C28H29F4N3O6/c1-26(13-33)15-41-24-19(26)12-22(35-23(24)16-3-6-18(29)7-4-16)27(38,28(30,31)32)14-34-25(37)17-5-8-20(40-10-9-36)21(11-17)39-2/h3-8,11-12,36,38H,9-10,13-15,33H2,1-2H3,(H,34,37)/t26?,27-/m0/s1. The summed E-state index contributed by atoms with van der Waals surface area (Å²) in [6, 6.07) is 9.90. The van der Waals surface area contributed by atoms with Gasteiger partial charge < -0.3 is 35.5 Å². The molecular weight excluding hydrogens is 550 g/mol. The van der Waals surface area contributed by atoms with Gasteiger partial charge in [-0.3, -0.25) is 4.79 Å². The van der Waals surface area contributed by atoms with Crippen LogP contribution in [-0.2, 0) is 11.0 Å². The summed E-state index contributed by atoms with van der Waals surface area (Å²) in [6.07, 6.45) is -5.28. The highest BCUT2D eigenvalue weighted by Crippen LogP contribution is 2.47. The minimum absolute atomic E-state index is 0.0212. The maximum absolute atomic E-state index is 14.5. The largest absolute Gasteiger partial charge is 0.493 e. The van der Waals surface area contributed by atoms with E-state index in [2.05, 4.69) is 10.3 Å². The van der Waals surface area contributed by atoms with Crippen molar-refractivity contribution >= 4 is 5.91 Å². The molecule has 0 spiro atoms. The van der Waals surface area contributed by atoms with Crippen molar-refractivity contribution < 1.29 is 46.8 Å². The highest BCUT2D eigenvalue weighted by Gasteiger charge is 2.57. The third kappa shape index (κ3) is 5.78. The molecule has 1 aliphatic heterocycles. The summed E-state index contributed by atoms with van der Waals surface area (Å²) in [6.45, 7) is 0.189. The third-order valence-corrected chi connectivity index (χ3v) is 6.90. The average molecular weight is 580 g/mol. The highest BCUT2D eigenvalue weighted by atomic mass is 19.4. The molecule has 1 unspecified atom stereocenters. The number of aromatic nitrogens is 1. The number of ether oxygens (including phenoxy) is 3. The molecule has 0 bridgehead atoms. The first-order chi connectivity index (χ1) is 19.4. The number of benzene rings is 2. The Morgan fingerprint density at radius 3 is 2.49 bits per heavy atom. The second-order valence-corrected chi connectivity index (χ2v) is 9.77. The van der Waals surface area contributed by atoms with Crippen LogP contribution in [0.2, 0.25) is 0 Å². The lowest BCUT2D eigenvalue weighted by molar-refractivity contribution is -0.265. The smallest absolute Gasteiger partial charge is 0.424 e. The number of methoxy groups -OCH3 is 1. The summed E-state index contributed by atoms with van der Waals surface area (Å²) in [7, 11) is 1.31. The molecule has 2 heterocycles. The molecule has 2 aromatic carbocycles. The number of pyridine rings is 1. The van der Waals surface area contributed by atoms with Gasteiger partial charge in [-0.25, -0.2) is 9.37 Å². The van der Waals surface area contributed by atoms with Gasteiger partial charge in [-0.1, -0.05) is 6.92 Å². The molecule has 220 valence electrons. The zero-order valence-electron chi connectivity index (χ0n) is 22.2. The van der Waals surface area contributed by atoms with Crippen molar-refractivity contribution in [2.75, 3.05) is 40.0 Å². The van der Waals surface area contributed by atoms with Gasteiger partial charge in [0.15, 0.2) is 11.5 Å². The first kappa shape index (κ1) is 30.0. The predicted molar refractivity (Wildman–Crippen MR) is 139 cm³/mol. The molecule has 5 N–H and O–H groups in total. The summed E-state index contributed by atoms with van der Waals surface area (Å²) in [4.78, 5) is 17.0. The molecular formula is C28H29F4N3O6. The number of fused-ring (bicyclic) bond motifs is 1. The third-order valence-electron chi connectivity index (χ3n) is 6.90. The number of carbonyl (C=O) groups is 1. The number of alkyl halides is 3. The molecule has 13 heteroatoms. The predicted octanol–water partition coefficient (Wildman–Crippen LogP) is 3.06. The normalized spacial score (nSPS) is 17.8. The highest BCUT2D eigenvalue weighted by molar-refractivity contribution is 5.95. The van der Waals surface area contributed by atoms with Gasteiger partial charge >= 0.3 is 6.18 Å². The maximum Gasteiger partial charge on any atom is 0.424 e. The fourth-order valence-corrected chi connectivity index (χ4v) is 4.35. The molecule has 9 nitrogen and oxygen atoms in total. The van der Waals surface area contributed by atoms with E-state index < -0.39 is 41.2 Å². The van der Waals surface area contributed by atoms with Gasteiger partial charge in [0, 0.05) is 28.7 Å². The summed E-state index contributed by atoms with van der Waals surface area (Å²) in [5.74, 6) is -0.992. The number of nitrogens with zero attached hydrogens (tertiary/aromatic N) is 1. The Hall–Kier alpha value is -3.94. The first-order valence-electron chi connectivity index (χ1n) is 12.5. The average Bonchev–Trinajstić information content (AvgIpc) is 3.30. The molecule has 0 saturated heterocycles. The SMILES string of the molecule is COc1cc(C(=O)NC[C@](O)(c2cc3c(c(-c4ccc(F)cc4)n2)OCC3(C)CN)C(F)(F)F)ccc1OCCO. The number of rotatable bonds is 10. The molecule has 2 atom stereocenters. The van der Waals surface area contributed by atoms with Gasteiger partial charge in [0.05, 0.1) is 32.6 Å². The summed E-state index contributed by atoms with van der Waals surface area (Å²) in [5, 5.41) is 22.2. The number of nitrogens with one attached hydrogen (secondary N) is 1. The Morgan fingerprint density at radius 2 is 1.88 bits per heavy atom. The van der Waals surface area contributed by atoms with E-state index >= 15 is 0 Å². The van der Waals surface area contributed by atoms with E-state index in [0.29, 0.717) is 5.56 Å². The van der Waals surface area contributed by atoms with E-state index in [-0.39, 0.29) is 60.4 Å². The number of aliphatic hydroxyl groups excluding tert-OH is 1. The zero-order valence-corrected chi connectivity index (χ0v) is 22.2. The molecule has 1 aliphatic rings. The lowest BCUT2D eigenvalue weighted by Gasteiger charge is -2.31. The monoisotopic (exact) mass is 579 g/mol. The number of nitrogens with two attached hydrogens (primary N) is 1. The number of hydrogen-bond donors (Lipinski definition) is 4. The molecule has 41 heavy (non-hydrogen) atoms. The zero-order chi connectivity index (χ0) is 30.0. The van der Waals surface area contributed by atoms with Crippen LogP contribution in [0.4, 0.5) is 17.6 Å². The molecule has 3 aromatic rings. The summed E-state index contributed by atoms with van der Waals surface area (Å²) in [5.41, 5.74) is 1.07. The minimum atomic E-state index is -5.28. The molecule has 1 amide bonds. The Balaban J connectivity index is 1.73. The molecule has 4 rings (SSSR count). The lowest BCUT2D eigenvalue weighted by atomic mass is 9.82. The fraction of sp³-hybridized carbons (Fsp3) is 0.357. The van der Waals surface area contributed by atoms with Crippen LogP contribution in [0.5, 0.6) is 17.2 Å². The Labute approximate surface area is 232 Å². The second kappa shape index (κ2) is 11.5. The Kier molecular flexibility index (Phi) is 8.43. The second-order valence-electron chi connectivity index (χ2n) is 9.77. The molecule has 0 aliphatic carbocycles. The summed E-state index contributed by atoms with van der Waals surface area (Å²) < 4.78 is 73.5. The van der Waals surface area contributed by atoms with Crippen molar-refractivity contribution in [2.45, 2.75) is 24.1 Å². The van der Waals surface area contributed by atoms with Gasteiger partial charge in [-0.2, -0.15) is 13.2 Å². The van der Waals surface area contributed by atoms with Crippen LogP contribution in [0.15, 0.2) is 48.5 Å². The van der Waals surface area contributed by atoms with Crippen molar-refractivity contribution in [3.05, 3.63) is 71.2 Å².